The first kappa shape index (κ1) is 16.9. The number of hydrogen-bond acceptors (Lipinski definition) is 5. The molecule has 128 valence electrons. The predicted molar refractivity (Wildman–Crippen MR) is 91.5 cm³/mol. The number of aromatic nitrogens is 2. The summed E-state index contributed by atoms with van der Waals surface area (Å²) in [5, 5.41) is 10.3. The van der Waals surface area contributed by atoms with Crippen LogP contribution in [0, 0.1) is 11.3 Å². The van der Waals surface area contributed by atoms with Crippen molar-refractivity contribution < 1.29 is 9.32 Å². The van der Waals surface area contributed by atoms with E-state index in [9.17, 15) is 4.79 Å². The number of piperidine rings is 1. The van der Waals surface area contributed by atoms with Crippen LogP contribution in [0.25, 0.3) is 11.4 Å². The van der Waals surface area contributed by atoms with Gasteiger partial charge in [0.05, 0.1) is 6.54 Å². The Labute approximate surface area is 146 Å². The zero-order chi connectivity index (χ0) is 15.7. The summed E-state index contributed by atoms with van der Waals surface area (Å²) in [6.45, 7) is 2.34. The lowest BCUT2D eigenvalue weighted by atomic mass is 9.92. The minimum Gasteiger partial charge on any atom is -0.347 e. The number of carbonyl (C=O) groups is 1. The number of carbonyl (C=O) groups excluding carboxylic acids is 1. The van der Waals surface area contributed by atoms with Crippen LogP contribution in [0.2, 0.25) is 0 Å². The topological polar surface area (TPSA) is 80.1 Å². The summed E-state index contributed by atoms with van der Waals surface area (Å²) < 4.78 is 5.22. The fraction of sp³-hybridized carbons (Fsp3) is 0.471. The van der Waals surface area contributed by atoms with Gasteiger partial charge in [0.1, 0.15) is 0 Å². The first-order valence-corrected chi connectivity index (χ1v) is 8.13. The minimum absolute atomic E-state index is 0. The molecule has 2 aromatic rings. The number of benzene rings is 1. The number of nitrogens with zero attached hydrogens (tertiary/aromatic N) is 2. The van der Waals surface area contributed by atoms with E-state index in [1.807, 2.05) is 30.3 Å². The van der Waals surface area contributed by atoms with Crippen LogP contribution in [0.15, 0.2) is 34.9 Å². The van der Waals surface area contributed by atoms with Gasteiger partial charge in [0.15, 0.2) is 0 Å². The number of halogens is 1. The van der Waals surface area contributed by atoms with Crippen LogP contribution in [0.3, 0.4) is 0 Å². The zero-order valence-electron chi connectivity index (χ0n) is 13.3. The van der Waals surface area contributed by atoms with Crippen molar-refractivity contribution in [2.24, 2.45) is 11.3 Å². The van der Waals surface area contributed by atoms with Crippen LogP contribution in [0.1, 0.15) is 25.2 Å². The SMILES string of the molecule is Cl.O=C(NCc1nc(-c2ccccc2)no1)C1CC12CCNCC2. The molecule has 2 N–H and O–H groups in total. The van der Waals surface area contributed by atoms with Gasteiger partial charge in [-0.15, -0.1) is 12.4 Å². The molecule has 1 unspecified atom stereocenters. The third-order valence-electron chi connectivity index (χ3n) is 5.02. The molecule has 1 aliphatic carbocycles. The summed E-state index contributed by atoms with van der Waals surface area (Å²) in [4.78, 5) is 16.6. The minimum atomic E-state index is 0. The van der Waals surface area contributed by atoms with Crippen molar-refractivity contribution in [2.45, 2.75) is 25.8 Å². The third kappa shape index (κ3) is 3.30. The van der Waals surface area contributed by atoms with E-state index in [2.05, 4.69) is 20.8 Å². The van der Waals surface area contributed by atoms with Crippen LogP contribution >= 0.6 is 12.4 Å². The molecule has 1 saturated heterocycles. The molecule has 7 heteroatoms. The first-order valence-electron chi connectivity index (χ1n) is 8.13. The largest absolute Gasteiger partial charge is 0.347 e. The number of hydrogen-bond donors (Lipinski definition) is 2. The summed E-state index contributed by atoms with van der Waals surface area (Å²) in [5.74, 6) is 1.26. The molecule has 2 aliphatic rings. The van der Waals surface area contributed by atoms with Crippen LogP contribution in [0.4, 0.5) is 0 Å². The zero-order valence-corrected chi connectivity index (χ0v) is 14.1. The van der Waals surface area contributed by atoms with Crippen LogP contribution < -0.4 is 10.6 Å². The van der Waals surface area contributed by atoms with Gasteiger partial charge in [-0.3, -0.25) is 4.79 Å². The van der Waals surface area contributed by atoms with Gasteiger partial charge in [-0.25, -0.2) is 0 Å². The molecule has 2 heterocycles. The lowest BCUT2D eigenvalue weighted by molar-refractivity contribution is -0.123. The molecule has 0 radical (unpaired) electrons. The van der Waals surface area contributed by atoms with Gasteiger partial charge in [0, 0.05) is 11.5 Å². The maximum Gasteiger partial charge on any atom is 0.246 e. The van der Waals surface area contributed by atoms with E-state index in [0.717, 1.165) is 37.9 Å². The maximum absolute atomic E-state index is 12.3. The smallest absolute Gasteiger partial charge is 0.246 e. The molecule has 1 saturated carbocycles. The van der Waals surface area contributed by atoms with E-state index < -0.39 is 0 Å². The first-order chi connectivity index (χ1) is 11.3. The third-order valence-corrected chi connectivity index (χ3v) is 5.02. The van der Waals surface area contributed by atoms with Gasteiger partial charge in [-0.1, -0.05) is 35.5 Å². The highest BCUT2D eigenvalue weighted by Gasteiger charge is 2.57. The second-order valence-corrected chi connectivity index (χ2v) is 6.46. The maximum atomic E-state index is 12.3. The lowest BCUT2D eigenvalue weighted by Crippen LogP contribution is -2.33. The molecule has 1 amide bonds. The molecule has 2 fully saturated rings. The van der Waals surface area contributed by atoms with Gasteiger partial charge in [-0.05, 0) is 37.8 Å². The van der Waals surface area contributed by atoms with Crippen molar-refractivity contribution in [1.82, 2.24) is 20.8 Å². The summed E-state index contributed by atoms with van der Waals surface area (Å²) in [6, 6.07) is 9.66. The molecular formula is C17H21ClN4O2. The standard InChI is InChI=1S/C17H20N4O2.ClH/c22-16(13-10-17(13)6-8-18-9-7-17)19-11-14-20-15(21-23-14)12-4-2-1-3-5-12;/h1-5,13,18H,6-11H2,(H,19,22);1H. The molecule has 4 rings (SSSR count). The molecule has 1 aliphatic heterocycles. The summed E-state index contributed by atoms with van der Waals surface area (Å²) in [5.41, 5.74) is 1.16. The van der Waals surface area contributed by atoms with Gasteiger partial charge in [0.2, 0.25) is 17.6 Å². The number of nitrogens with one attached hydrogen (secondary N) is 2. The van der Waals surface area contributed by atoms with Crippen molar-refractivity contribution in [3.63, 3.8) is 0 Å². The molecule has 1 aromatic heterocycles. The molecule has 1 atom stereocenters. The summed E-state index contributed by atoms with van der Waals surface area (Å²) in [7, 11) is 0. The molecule has 1 spiro atoms. The Bertz CT molecular complexity index is 698. The van der Waals surface area contributed by atoms with E-state index >= 15 is 0 Å². The number of rotatable bonds is 4. The van der Waals surface area contributed by atoms with Crippen molar-refractivity contribution in [2.75, 3.05) is 13.1 Å². The quantitative estimate of drug-likeness (QED) is 0.885. The Kier molecular flexibility index (Phi) is 4.87. The Morgan fingerprint density at radius 1 is 1.29 bits per heavy atom. The highest BCUT2D eigenvalue weighted by atomic mass is 35.5. The van der Waals surface area contributed by atoms with Crippen molar-refractivity contribution >= 4 is 18.3 Å². The van der Waals surface area contributed by atoms with E-state index in [1.165, 1.54) is 0 Å². The second kappa shape index (κ2) is 6.91. The normalized spacial score (nSPS) is 21.1. The average Bonchev–Trinajstić information content (AvgIpc) is 3.08. The van der Waals surface area contributed by atoms with E-state index in [0.29, 0.717) is 18.3 Å². The van der Waals surface area contributed by atoms with Crippen molar-refractivity contribution in [1.29, 1.82) is 0 Å². The predicted octanol–water partition coefficient (Wildman–Crippen LogP) is 2.16. The Morgan fingerprint density at radius 2 is 2.04 bits per heavy atom. The second-order valence-electron chi connectivity index (χ2n) is 6.46. The fourth-order valence-electron chi connectivity index (χ4n) is 3.51. The molecule has 24 heavy (non-hydrogen) atoms. The van der Waals surface area contributed by atoms with Gasteiger partial charge >= 0.3 is 0 Å². The summed E-state index contributed by atoms with van der Waals surface area (Å²) >= 11 is 0. The molecule has 1 aromatic carbocycles. The Balaban J connectivity index is 0.00000169. The van der Waals surface area contributed by atoms with Crippen LogP contribution in [-0.4, -0.2) is 29.1 Å². The summed E-state index contributed by atoms with van der Waals surface area (Å²) in [6.07, 6.45) is 3.22. The van der Waals surface area contributed by atoms with E-state index in [-0.39, 0.29) is 29.6 Å². The lowest BCUT2D eigenvalue weighted by Gasteiger charge is -2.23. The Morgan fingerprint density at radius 3 is 2.79 bits per heavy atom. The number of amides is 1. The van der Waals surface area contributed by atoms with E-state index in [4.69, 9.17) is 4.52 Å². The molecule has 0 bridgehead atoms. The van der Waals surface area contributed by atoms with Crippen LogP contribution in [0.5, 0.6) is 0 Å². The van der Waals surface area contributed by atoms with Crippen molar-refractivity contribution in [3.05, 3.63) is 36.2 Å². The highest BCUT2D eigenvalue weighted by molar-refractivity contribution is 5.85. The monoisotopic (exact) mass is 348 g/mol. The average molecular weight is 349 g/mol. The Hall–Kier alpha value is -1.92. The molecule has 6 nitrogen and oxygen atoms in total. The van der Waals surface area contributed by atoms with Crippen LogP contribution in [-0.2, 0) is 11.3 Å². The van der Waals surface area contributed by atoms with Crippen molar-refractivity contribution in [3.8, 4) is 11.4 Å². The van der Waals surface area contributed by atoms with Gasteiger partial charge < -0.3 is 15.2 Å². The van der Waals surface area contributed by atoms with E-state index in [1.54, 1.807) is 0 Å². The fourth-order valence-corrected chi connectivity index (χ4v) is 3.51. The van der Waals surface area contributed by atoms with Gasteiger partial charge in [-0.2, -0.15) is 4.98 Å². The van der Waals surface area contributed by atoms with Gasteiger partial charge in [0.25, 0.3) is 0 Å². The molecular weight excluding hydrogens is 328 g/mol. The highest BCUT2D eigenvalue weighted by Crippen LogP contribution is 2.58.